The highest BCUT2D eigenvalue weighted by molar-refractivity contribution is 14.1. The Hall–Kier alpha value is -2.15. The molecule has 5 heteroatoms. The van der Waals surface area contributed by atoms with Gasteiger partial charge in [-0.1, -0.05) is 40.8 Å². The smallest absolute Gasteiger partial charge is 0.161 e. The zero-order chi connectivity index (χ0) is 16.0. The average molecular weight is 415 g/mol. The van der Waals surface area contributed by atoms with Crippen molar-refractivity contribution in [2.24, 2.45) is 0 Å². The molecule has 1 atom stereocenters. The number of phenolic OH excluding ortho intramolecular Hbond substituents is 1. The molecule has 2 aromatic carbocycles. The van der Waals surface area contributed by atoms with Crippen LogP contribution in [0.2, 0.25) is 0 Å². The molecular formula is C18H14IN3O. The second kappa shape index (κ2) is 5.49. The van der Waals surface area contributed by atoms with Crippen LogP contribution in [0.15, 0.2) is 48.5 Å². The van der Waals surface area contributed by atoms with E-state index in [9.17, 15) is 5.11 Å². The molecule has 4 aromatic rings. The van der Waals surface area contributed by atoms with Crippen molar-refractivity contribution >= 4 is 44.5 Å². The van der Waals surface area contributed by atoms with Gasteiger partial charge in [-0.05, 0) is 42.8 Å². The fraction of sp³-hybridized carbons (Fsp3) is 0.111. The van der Waals surface area contributed by atoms with Gasteiger partial charge >= 0.3 is 0 Å². The quantitative estimate of drug-likeness (QED) is 0.359. The first-order valence-corrected chi connectivity index (χ1v) is 8.59. The normalized spacial score (nSPS) is 12.8. The van der Waals surface area contributed by atoms with Gasteiger partial charge in [0.25, 0.3) is 0 Å². The van der Waals surface area contributed by atoms with E-state index in [1.165, 1.54) is 5.56 Å². The maximum Gasteiger partial charge on any atom is 0.161 e. The molecule has 1 unspecified atom stereocenters. The number of aromatic amines is 1. The Kier molecular flexibility index (Phi) is 3.45. The summed E-state index contributed by atoms with van der Waals surface area (Å²) < 4.78 is 0.439. The lowest BCUT2D eigenvalue weighted by molar-refractivity contribution is 0.477. The molecule has 4 nitrogen and oxygen atoms in total. The number of aromatic hydroxyl groups is 1. The van der Waals surface area contributed by atoms with Gasteiger partial charge in [-0.3, -0.25) is 0 Å². The highest BCUT2D eigenvalue weighted by atomic mass is 127. The molecule has 114 valence electrons. The van der Waals surface area contributed by atoms with Crippen molar-refractivity contribution in [1.82, 2.24) is 15.2 Å². The van der Waals surface area contributed by atoms with Crippen molar-refractivity contribution in [3.05, 3.63) is 54.1 Å². The van der Waals surface area contributed by atoms with Crippen molar-refractivity contribution in [2.45, 2.75) is 10.8 Å². The molecule has 0 radical (unpaired) electrons. The summed E-state index contributed by atoms with van der Waals surface area (Å²) in [5.74, 6) is 0.211. The summed E-state index contributed by atoms with van der Waals surface area (Å²) in [6, 6.07) is 15.6. The summed E-state index contributed by atoms with van der Waals surface area (Å²) in [6.07, 6.45) is 0. The van der Waals surface area contributed by atoms with Crippen LogP contribution in [0.1, 0.15) is 16.4 Å². The number of H-pyrrole nitrogens is 1. The summed E-state index contributed by atoms with van der Waals surface area (Å²) in [5, 5.41) is 20.7. The Balaban J connectivity index is 1.98. The van der Waals surface area contributed by atoms with Crippen molar-refractivity contribution in [2.75, 3.05) is 0 Å². The summed E-state index contributed by atoms with van der Waals surface area (Å²) in [6.45, 7) is 2.17. The fourth-order valence-corrected chi connectivity index (χ4v) is 3.17. The first-order chi connectivity index (χ1) is 11.1. The molecule has 0 saturated heterocycles. The second-order valence-electron chi connectivity index (χ2n) is 5.56. The van der Waals surface area contributed by atoms with E-state index >= 15 is 0 Å². The van der Waals surface area contributed by atoms with Gasteiger partial charge in [0.05, 0.1) is 5.69 Å². The predicted octanol–water partition coefficient (Wildman–Crippen LogP) is 4.98. The third-order valence-corrected chi connectivity index (χ3v) is 4.74. The van der Waals surface area contributed by atoms with Gasteiger partial charge in [0.15, 0.2) is 5.65 Å². The molecule has 0 saturated carbocycles. The number of phenols is 1. The van der Waals surface area contributed by atoms with Gasteiger partial charge in [0, 0.05) is 25.8 Å². The first-order valence-electron chi connectivity index (χ1n) is 7.35. The topological polar surface area (TPSA) is 61.8 Å². The number of aromatic nitrogens is 3. The van der Waals surface area contributed by atoms with Crippen LogP contribution in [0.5, 0.6) is 5.75 Å². The molecular weight excluding hydrogens is 401 g/mol. The number of nitrogens with zero attached hydrogens (tertiary/aromatic N) is 2. The van der Waals surface area contributed by atoms with Gasteiger partial charge in [-0.15, -0.1) is 10.2 Å². The minimum absolute atomic E-state index is 0.211. The third kappa shape index (κ3) is 2.45. The molecule has 0 aliphatic heterocycles. The third-order valence-electron chi connectivity index (χ3n) is 4.02. The summed E-state index contributed by atoms with van der Waals surface area (Å²) in [5.41, 5.74) is 4.45. The van der Waals surface area contributed by atoms with Gasteiger partial charge in [-0.25, -0.2) is 0 Å². The highest BCUT2D eigenvalue weighted by Crippen LogP contribution is 2.33. The lowest BCUT2D eigenvalue weighted by atomic mass is 10.1. The monoisotopic (exact) mass is 415 g/mol. The number of hydrogen-bond acceptors (Lipinski definition) is 3. The zero-order valence-electron chi connectivity index (χ0n) is 12.4. The van der Waals surface area contributed by atoms with Crippen molar-refractivity contribution < 1.29 is 5.11 Å². The molecule has 0 bridgehead atoms. The molecule has 0 aliphatic carbocycles. The SMILES string of the molecule is CC(I)c1ccc2[nH]c3nnc(-c4ccccc4O)cc3c2c1. The first kappa shape index (κ1) is 14.4. The maximum atomic E-state index is 10.0. The van der Waals surface area contributed by atoms with E-state index in [0.29, 0.717) is 15.2 Å². The van der Waals surface area contributed by atoms with E-state index in [1.807, 2.05) is 18.2 Å². The Morgan fingerprint density at radius 1 is 1.04 bits per heavy atom. The standard InChI is InChI=1S/C18H14IN3O/c1-10(19)11-6-7-15-13(8-11)14-9-16(21-22-18(14)20-15)12-4-2-3-5-17(12)23/h2-10,23H,1H3,(H,20,22). The van der Waals surface area contributed by atoms with Crippen LogP contribution >= 0.6 is 22.6 Å². The summed E-state index contributed by atoms with van der Waals surface area (Å²) in [4.78, 5) is 3.30. The number of hydrogen-bond donors (Lipinski definition) is 2. The van der Waals surface area contributed by atoms with Crippen LogP contribution in [0.3, 0.4) is 0 Å². The lowest BCUT2D eigenvalue weighted by Gasteiger charge is -2.04. The Morgan fingerprint density at radius 2 is 1.87 bits per heavy atom. The molecule has 23 heavy (non-hydrogen) atoms. The minimum atomic E-state index is 0.211. The Labute approximate surface area is 146 Å². The average Bonchev–Trinajstić information content (AvgIpc) is 2.92. The van der Waals surface area contributed by atoms with E-state index in [2.05, 4.69) is 62.9 Å². The molecule has 0 fully saturated rings. The zero-order valence-corrected chi connectivity index (χ0v) is 14.6. The van der Waals surface area contributed by atoms with E-state index in [-0.39, 0.29) is 5.75 Å². The fourth-order valence-electron chi connectivity index (χ4n) is 2.78. The summed E-state index contributed by atoms with van der Waals surface area (Å²) in [7, 11) is 0. The van der Waals surface area contributed by atoms with Crippen molar-refractivity contribution in [1.29, 1.82) is 0 Å². The highest BCUT2D eigenvalue weighted by Gasteiger charge is 2.12. The van der Waals surface area contributed by atoms with Gasteiger partial charge in [0.2, 0.25) is 0 Å². The van der Waals surface area contributed by atoms with Crippen molar-refractivity contribution in [3.63, 3.8) is 0 Å². The van der Waals surface area contributed by atoms with Crippen LogP contribution in [0, 0.1) is 0 Å². The van der Waals surface area contributed by atoms with E-state index < -0.39 is 0 Å². The molecule has 0 spiro atoms. The van der Waals surface area contributed by atoms with Crippen LogP contribution in [0.25, 0.3) is 33.2 Å². The molecule has 2 heterocycles. The Bertz CT molecular complexity index is 1020. The van der Waals surface area contributed by atoms with Gasteiger partial charge in [-0.2, -0.15) is 0 Å². The predicted molar refractivity (Wildman–Crippen MR) is 101 cm³/mol. The number of nitrogens with one attached hydrogen (secondary N) is 1. The number of halogens is 1. The van der Waals surface area contributed by atoms with Gasteiger partial charge in [0.1, 0.15) is 5.75 Å². The largest absolute Gasteiger partial charge is 0.507 e. The second-order valence-corrected chi connectivity index (χ2v) is 7.42. The summed E-state index contributed by atoms with van der Waals surface area (Å²) >= 11 is 2.41. The number of para-hydroxylation sites is 1. The van der Waals surface area contributed by atoms with Gasteiger partial charge < -0.3 is 10.1 Å². The van der Waals surface area contributed by atoms with Crippen molar-refractivity contribution in [3.8, 4) is 17.0 Å². The van der Waals surface area contributed by atoms with Crippen LogP contribution in [-0.4, -0.2) is 20.3 Å². The minimum Gasteiger partial charge on any atom is -0.507 e. The maximum absolute atomic E-state index is 10.0. The van der Waals surface area contributed by atoms with E-state index in [4.69, 9.17) is 0 Å². The van der Waals surface area contributed by atoms with Crippen LogP contribution < -0.4 is 0 Å². The molecule has 2 aromatic heterocycles. The van der Waals surface area contributed by atoms with Crippen LogP contribution in [-0.2, 0) is 0 Å². The lowest BCUT2D eigenvalue weighted by Crippen LogP contribution is -1.88. The number of fused-ring (bicyclic) bond motifs is 3. The van der Waals surface area contributed by atoms with E-state index in [1.54, 1.807) is 12.1 Å². The molecule has 4 rings (SSSR count). The molecule has 0 aliphatic rings. The number of benzene rings is 2. The molecule has 2 N–H and O–H groups in total. The molecule has 0 amide bonds. The number of alkyl halides is 1. The van der Waals surface area contributed by atoms with E-state index in [0.717, 1.165) is 21.9 Å². The van der Waals surface area contributed by atoms with Crippen LogP contribution in [0.4, 0.5) is 0 Å². The number of rotatable bonds is 2. The Morgan fingerprint density at radius 3 is 2.65 bits per heavy atom.